The Morgan fingerprint density at radius 3 is 2.13 bits per heavy atom. The molecule has 0 spiro atoms. The molecule has 0 saturated heterocycles. The number of benzene rings is 2. The molecule has 0 aliphatic rings. The summed E-state index contributed by atoms with van der Waals surface area (Å²) >= 11 is 0. The SMILES string of the molecule is CCCCCCCCCc1cc(-c2ccc(F)cc2)n(-c2ccc(S(N)(=O)=O)cc2)n1. The first kappa shape index (κ1) is 23.2. The average Bonchev–Trinajstić information content (AvgIpc) is 3.17. The Hall–Kier alpha value is -2.51. The molecule has 2 aromatic carbocycles. The number of hydrogen-bond acceptors (Lipinski definition) is 3. The number of halogens is 1. The smallest absolute Gasteiger partial charge is 0.233 e. The van der Waals surface area contributed by atoms with Gasteiger partial charge in [0, 0.05) is 5.56 Å². The van der Waals surface area contributed by atoms with Crippen LogP contribution in [-0.2, 0) is 16.4 Å². The number of aromatic nitrogens is 2. The van der Waals surface area contributed by atoms with Gasteiger partial charge in [0.15, 0.2) is 0 Å². The first-order chi connectivity index (χ1) is 14.9. The van der Waals surface area contributed by atoms with Crippen molar-refractivity contribution < 1.29 is 12.8 Å². The maximum atomic E-state index is 13.4. The van der Waals surface area contributed by atoms with E-state index in [9.17, 15) is 12.8 Å². The molecule has 1 heterocycles. The normalized spacial score (nSPS) is 11.7. The van der Waals surface area contributed by atoms with Gasteiger partial charge in [-0.2, -0.15) is 5.10 Å². The van der Waals surface area contributed by atoms with E-state index >= 15 is 0 Å². The number of aryl methyl sites for hydroxylation is 1. The third-order valence-electron chi connectivity index (χ3n) is 5.35. The van der Waals surface area contributed by atoms with E-state index in [1.165, 1.54) is 62.8 Å². The van der Waals surface area contributed by atoms with Gasteiger partial charge in [-0.3, -0.25) is 0 Å². The van der Waals surface area contributed by atoms with Gasteiger partial charge in [0.1, 0.15) is 5.82 Å². The van der Waals surface area contributed by atoms with Crippen molar-refractivity contribution in [2.75, 3.05) is 0 Å². The van der Waals surface area contributed by atoms with Crippen LogP contribution in [-0.4, -0.2) is 18.2 Å². The number of hydrogen-bond donors (Lipinski definition) is 1. The Morgan fingerprint density at radius 2 is 1.52 bits per heavy atom. The summed E-state index contributed by atoms with van der Waals surface area (Å²) < 4.78 is 38.3. The van der Waals surface area contributed by atoms with Crippen LogP contribution >= 0.6 is 0 Å². The van der Waals surface area contributed by atoms with Crippen LogP contribution in [0.5, 0.6) is 0 Å². The second kappa shape index (κ2) is 10.7. The minimum absolute atomic E-state index is 0.0510. The molecular formula is C24H30FN3O2S. The molecule has 0 aliphatic carbocycles. The molecule has 0 aliphatic heterocycles. The van der Waals surface area contributed by atoms with Crippen molar-refractivity contribution in [3.05, 3.63) is 66.1 Å². The van der Waals surface area contributed by atoms with Crippen molar-refractivity contribution >= 4 is 10.0 Å². The highest BCUT2D eigenvalue weighted by molar-refractivity contribution is 7.89. The third-order valence-corrected chi connectivity index (χ3v) is 6.28. The number of nitrogens with zero attached hydrogens (tertiary/aromatic N) is 2. The standard InChI is InChI=1S/C24H30FN3O2S/c1-2-3-4-5-6-7-8-9-21-18-24(19-10-12-20(25)13-11-19)28(27-21)22-14-16-23(17-15-22)31(26,29)30/h10-18H,2-9H2,1H3,(H2,26,29,30). The second-order valence-electron chi connectivity index (χ2n) is 7.85. The highest BCUT2D eigenvalue weighted by Gasteiger charge is 2.14. The van der Waals surface area contributed by atoms with Crippen LogP contribution in [0.25, 0.3) is 16.9 Å². The van der Waals surface area contributed by atoms with Gasteiger partial charge in [0.2, 0.25) is 10.0 Å². The highest BCUT2D eigenvalue weighted by atomic mass is 32.2. The monoisotopic (exact) mass is 443 g/mol. The van der Waals surface area contributed by atoms with Crippen LogP contribution in [0.3, 0.4) is 0 Å². The minimum atomic E-state index is -3.76. The van der Waals surface area contributed by atoms with E-state index in [0.29, 0.717) is 0 Å². The van der Waals surface area contributed by atoms with Crippen molar-refractivity contribution in [2.45, 2.75) is 63.2 Å². The second-order valence-corrected chi connectivity index (χ2v) is 9.41. The van der Waals surface area contributed by atoms with Crippen molar-refractivity contribution in [3.8, 4) is 16.9 Å². The molecule has 1 aromatic heterocycles. The molecule has 2 N–H and O–H groups in total. The molecule has 0 bridgehead atoms. The van der Waals surface area contributed by atoms with Crippen LogP contribution in [0.2, 0.25) is 0 Å². The number of rotatable bonds is 11. The maximum Gasteiger partial charge on any atom is 0.238 e. The fourth-order valence-corrected chi connectivity index (χ4v) is 4.13. The first-order valence-electron chi connectivity index (χ1n) is 10.9. The Morgan fingerprint density at radius 1 is 0.903 bits per heavy atom. The fourth-order valence-electron chi connectivity index (χ4n) is 3.62. The molecule has 7 heteroatoms. The fraction of sp³-hybridized carbons (Fsp3) is 0.375. The Kier molecular flexibility index (Phi) is 7.98. The molecule has 0 amide bonds. The topological polar surface area (TPSA) is 78.0 Å². The van der Waals surface area contributed by atoms with Crippen LogP contribution < -0.4 is 5.14 Å². The van der Waals surface area contributed by atoms with E-state index < -0.39 is 10.0 Å². The van der Waals surface area contributed by atoms with Crippen molar-refractivity contribution in [1.29, 1.82) is 0 Å². The van der Waals surface area contributed by atoms with E-state index in [2.05, 4.69) is 6.92 Å². The van der Waals surface area contributed by atoms with Gasteiger partial charge in [-0.15, -0.1) is 0 Å². The molecule has 3 aromatic rings. The van der Waals surface area contributed by atoms with Crippen LogP contribution in [0.15, 0.2) is 59.5 Å². The van der Waals surface area contributed by atoms with Gasteiger partial charge in [-0.05, 0) is 67.4 Å². The van der Waals surface area contributed by atoms with Gasteiger partial charge < -0.3 is 0 Å². The predicted octanol–water partition coefficient (Wildman–Crippen LogP) is 5.62. The molecule has 31 heavy (non-hydrogen) atoms. The van der Waals surface area contributed by atoms with E-state index in [0.717, 1.165) is 35.5 Å². The molecule has 0 saturated carbocycles. The zero-order valence-corrected chi connectivity index (χ0v) is 18.7. The summed E-state index contributed by atoms with van der Waals surface area (Å²) in [6.45, 7) is 2.22. The lowest BCUT2D eigenvalue weighted by atomic mass is 10.1. The molecule has 0 unspecified atom stereocenters. The Labute approximate surface area is 184 Å². The zero-order valence-electron chi connectivity index (χ0n) is 17.9. The van der Waals surface area contributed by atoms with E-state index in [1.54, 1.807) is 28.9 Å². The zero-order chi connectivity index (χ0) is 22.3. The molecule has 0 fully saturated rings. The lowest BCUT2D eigenvalue weighted by molar-refractivity contribution is 0.586. The number of unbranched alkanes of at least 4 members (excludes halogenated alkanes) is 6. The quantitative estimate of drug-likeness (QED) is 0.391. The summed E-state index contributed by atoms with van der Waals surface area (Å²) in [5.41, 5.74) is 3.36. The van der Waals surface area contributed by atoms with Crippen LogP contribution in [0.4, 0.5) is 4.39 Å². The summed E-state index contributed by atoms with van der Waals surface area (Å²) in [5.74, 6) is -0.296. The largest absolute Gasteiger partial charge is 0.238 e. The summed E-state index contributed by atoms with van der Waals surface area (Å²) in [7, 11) is -3.76. The van der Waals surface area contributed by atoms with Crippen molar-refractivity contribution in [1.82, 2.24) is 9.78 Å². The molecule has 0 radical (unpaired) electrons. The van der Waals surface area contributed by atoms with Gasteiger partial charge >= 0.3 is 0 Å². The number of sulfonamides is 1. The molecule has 166 valence electrons. The third kappa shape index (κ3) is 6.48. The lowest BCUT2D eigenvalue weighted by Gasteiger charge is -2.08. The molecule has 5 nitrogen and oxygen atoms in total. The first-order valence-corrected chi connectivity index (χ1v) is 12.4. The summed E-state index contributed by atoms with van der Waals surface area (Å²) in [6.07, 6.45) is 9.47. The molecular weight excluding hydrogens is 413 g/mol. The average molecular weight is 444 g/mol. The highest BCUT2D eigenvalue weighted by Crippen LogP contribution is 2.26. The van der Waals surface area contributed by atoms with E-state index in [1.807, 2.05) is 6.07 Å². The van der Waals surface area contributed by atoms with Crippen LogP contribution in [0.1, 0.15) is 57.6 Å². The van der Waals surface area contributed by atoms with Crippen molar-refractivity contribution in [2.24, 2.45) is 5.14 Å². The Bertz CT molecular complexity index is 1080. The van der Waals surface area contributed by atoms with Gasteiger partial charge in [-0.1, -0.05) is 45.4 Å². The molecule has 3 rings (SSSR count). The van der Waals surface area contributed by atoms with Gasteiger partial charge in [-0.25, -0.2) is 22.6 Å². The summed E-state index contributed by atoms with van der Waals surface area (Å²) in [4.78, 5) is 0.0510. The molecule has 0 atom stereocenters. The number of primary sulfonamides is 1. The Balaban J connectivity index is 1.80. The maximum absolute atomic E-state index is 13.4. The lowest BCUT2D eigenvalue weighted by Crippen LogP contribution is -2.12. The van der Waals surface area contributed by atoms with E-state index in [4.69, 9.17) is 10.2 Å². The predicted molar refractivity (Wildman–Crippen MR) is 122 cm³/mol. The summed E-state index contributed by atoms with van der Waals surface area (Å²) in [5, 5.41) is 9.97. The summed E-state index contributed by atoms with van der Waals surface area (Å²) in [6, 6.07) is 14.6. The van der Waals surface area contributed by atoms with Gasteiger partial charge in [0.25, 0.3) is 0 Å². The van der Waals surface area contributed by atoms with Crippen molar-refractivity contribution in [3.63, 3.8) is 0 Å². The minimum Gasteiger partial charge on any atom is -0.233 e. The number of nitrogens with two attached hydrogens (primary N) is 1. The van der Waals surface area contributed by atoms with Crippen LogP contribution in [0, 0.1) is 5.82 Å². The van der Waals surface area contributed by atoms with Gasteiger partial charge in [0.05, 0.1) is 22.0 Å². The van der Waals surface area contributed by atoms with E-state index in [-0.39, 0.29) is 10.7 Å².